The maximum atomic E-state index is 12.8. The summed E-state index contributed by atoms with van der Waals surface area (Å²) in [4.78, 5) is 0. The van der Waals surface area contributed by atoms with E-state index in [0.29, 0.717) is 0 Å². The van der Waals surface area contributed by atoms with Crippen molar-refractivity contribution in [2.75, 3.05) is 0 Å². The smallest absolute Gasteiger partial charge is 0.176 e. The van der Waals surface area contributed by atoms with Crippen molar-refractivity contribution >= 4 is 15.9 Å². The van der Waals surface area contributed by atoms with Gasteiger partial charge in [0.05, 0.1) is 4.47 Å². The van der Waals surface area contributed by atoms with E-state index in [1.807, 2.05) is 0 Å². The lowest BCUT2D eigenvalue weighted by Gasteiger charge is -2.10. The molecule has 0 saturated carbocycles. The van der Waals surface area contributed by atoms with Crippen LogP contribution in [0, 0.1) is 11.6 Å². The molecule has 0 saturated heterocycles. The van der Waals surface area contributed by atoms with E-state index < -0.39 is 17.7 Å². The second-order valence-corrected chi connectivity index (χ2v) is 3.51. The fraction of sp³-hybridized carbons (Fsp3) is 0.250. The number of hydrogen-bond donors (Lipinski definition) is 2. The zero-order chi connectivity index (χ0) is 10.2. The van der Waals surface area contributed by atoms with Gasteiger partial charge in [-0.3, -0.25) is 0 Å². The first kappa shape index (κ1) is 10.4. The van der Waals surface area contributed by atoms with Gasteiger partial charge >= 0.3 is 0 Å². The minimum atomic E-state index is -1.11. The normalized spacial score (nSPS) is 13.0. The van der Waals surface area contributed by atoms with E-state index in [9.17, 15) is 13.9 Å². The van der Waals surface area contributed by atoms with Gasteiger partial charge in [0.25, 0.3) is 0 Å². The molecule has 2 nitrogen and oxygen atoms in total. The Hall–Kier alpha value is -0.680. The van der Waals surface area contributed by atoms with Gasteiger partial charge in [-0.1, -0.05) is 0 Å². The van der Waals surface area contributed by atoms with Gasteiger partial charge in [0.15, 0.2) is 11.6 Å². The van der Waals surface area contributed by atoms with E-state index in [0.717, 1.165) is 6.07 Å². The number of phenolic OH excluding ortho intramolecular Hbond substituents is 1. The number of nitrogens with two attached hydrogens (primary N) is 1. The van der Waals surface area contributed by atoms with Crippen LogP contribution < -0.4 is 5.73 Å². The molecule has 0 aliphatic carbocycles. The van der Waals surface area contributed by atoms with E-state index >= 15 is 0 Å². The van der Waals surface area contributed by atoms with Crippen LogP contribution in [0.1, 0.15) is 18.5 Å². The van der Waals surface area contributed by atoms with Gasteiger partial charge in [0.2, 0.25) is 0 Å². The first-order valence-corrected chi connectivity index (χ1v) is 4.36. The quantitative estimate of drug-likeness (QED) is 0.754. The van der Waals surface area contributed by atoms with Crippen LogP contribution in [0.5, 0.6) is 5.75 Å². The van der Waals surface area contributed by atoms with E-state index in [1.54, 1.807) is 6.92 Å². The van der Waals surface area contributed by atoms with E-state index in [4.69, 9.17) is 5.73 Å². The van der Waals surface area contributed by atoms with Crippen LogP contribution in [-0.2, 0) is 0 Å². The fourth-order valence-corrected chi connectivity index (χ4v) is 1.37. The Labute approximate surface area is 82.5 Å². The topological polar surface area (TPSA) is 46.2 Å². The second kappa shape index (κ2) is 3.59. The molecule has 0 aliphatic heterocycles. The summed E-state index contributed by atoms with van der Waals surface area (Å²) in [6.07, 6.45) is 0. The lowest BCUT2D eigenvalue weighted by atomic mass is 10.1. The number of halogens is 3. The van der Waals surface area contributed by atoms with Gasteiger partial charge in [-0.05, 0) is 28.9 Å². The van der Waals surface area contributed by atoms with Crippen molar-refractivity contribution in [3.63, 3.8) is 0 Å². The van der Waals surface area contributed by atoms with Crippen molar-refractivity contribution in [3.8, 4) is 5.75 Å². The summed E-state index contributed by atoms with van der Waals surface area (Å²) in [7, 11) is 0. The Morgan fingerprint density at radius 1 is 1.54 bits per heavy atom. The molecule has 1 unspecified atom stereocenters. The first-order chi connectivity index (χ1) is 5.95. The number of phenols is 1. The zero-order valence-corrected chi connectivity index (χ0v) is 8.40. The Kier molecular flexibility index (Phi) is 2.87. The summed E-state index contributed by atoms with van der Waals surface area (Å²) in [5.74, 6) is -2.49. The SMILES string of the molecule is CC(N)c1cc(F)c(F)c(Br)c1O. The predicted octanol–water partition coefficient (Wildman–Crippen LogP) is 2.45. The third-order valence-corrected chi connectivity index (χ3v) is 2.38. The molecule has 1 atom stereocenters. The van der Waals surface area contributed by atoms with Crippen LogP contribution in [0.25, 0.3) is 0 Å². The minimum absolute atomic E-state index is 0.172. The number of rotatable bonds is 1. The molecule has 0 bridgehead atoms. The molecule has 0 fully saturated rings. The van der Waals surface area contributed by atoms with Gasteiger partial charge in [0, 0.05) is 11.6 Å². The molecule has 1 aromatic carbocycles. The lowest BCUT2D eigenvalue weighted by molar-refractivity contribution is 0.437. The molecule has 0 aromatic heterocycles. The summed E-state index contributed by atoms with van der Waals surface area (Å²) in [5.41, 5.74) is 5.60. The first-order valence-electron chi connectivity index (χ1n) is 3.57. The van der Waals surface area contributed by atoms with Gasteiger partial charge < -0.3 is 10.8 Å². The molecule has 0 spiro atoms. The Bertz CT molecular complexity index is 341. The molecule has 13 heavy (non-hydrogen) atoms. The number of hydrogen-bond acceptors (Lipinski definition) is 2. The molecular formula is C8H8BrF2NO. The Balaban J connectivity index is 3.41. The summed E-state index contributed by atoms with van der Waals surface area (Å²) >= 11 is 2.73. The van der Waals surface area contributed by atoms with Gasteiger partial charge in [-0.2, -0.15) is 0 Å². The number of benzene rings is 1. The molecule has 72 valence electrons. The third kappa shape index (κ3) is 1.81. The van der Waals surface area contributed by atoms with Crippen LogP contribution in [0.15, 0.2) is 10.5 Å². The summed E-state index contributed by atoms with van der Waals surface area (Å²) in [6.45, 7) is 1.57. The Morgan fingerprint density at radius 3 is 2.54 bits per heavy atom. The summed E-state index contributed by atoms with van der Waals surface area (Å²) in [5, 5.41) is 9.34. The van der Waals surface area contributed by atoms with Crippen molar-refractivity contribution < 1.29 is 13.9 Å². The van der Waals surface area contributed by atoms with Crippen LogP contribution >= 0.6 is 15.9 Å². The second-order valence-electron chi connectivity index (χ2n) is 2.71. The molecule has 0 heterocycles. The zero-order valence-electron chi connectivity index (χ0n) is 6.81. The van der Waals surface area contributed by atoms with Crippen LogP contribution in [0.3, 0.4) is 0 Å². The standard InChI is InChI=1S/C8H8BrF2NO/c1-3(12)4-2-5(10)7(11)6(9)8(4)13/h2-3,13H,12H2,1H3. The predicted molar refractivity (Wildman–Crippen MR) is 48.3 cm³/mol. The number of aromatic hydroxyl groups is 1. The van der Waals surface area contributed by atoms with Crippen molar-refractivity contribution in [2.24, 2.45) is 5.73 Å². The van der Waals surface area contributed by atoms with Crippen LogP contribution in [-0.4, -0.2) is 5.11 Å². The van der Waals surface area contributed by atoms with E-state index in [-0.39, 0.29) is 15.8 Å². The minimum Gasteiger partial charge on any atom is -0.506 e. The van der Waals surface area contributed by atoms with Crippen molar-refractivity contribution in [3.05, 3.63) is 27.7 Å². The Morgan fingerprint density at radius 2 is 2.08 bits per heavy atom. The highest BCUT2D eigenvalue weighted by Gasteiger charge is 2.17. The molecule has 0 radical (unpaired) electrons. The van der Waals surface area contributed by atoms with E-state index in [1.165, 1.54) is 0 Å². The maximum absolute atomic E-state index is 12.8. The van der Waals surface area contributed by atoms with Crippen LogP contribution in [0.4, 0.5) is 8.78 Å². The van der Waals surface area contributed by atoms with Gasteiger partial charge in [-0.25, -0.2) is 8.78 Å². The van der Waals surface area contributed by atoms with Crippen molar-refractivity contribution in [1.82, 2.24) is 0 Å². The highest BCUT2D eigenvalue weighted by Crippen LogP contribution is 2.34. The van der Waals surface area contributed by atoms with Gasteiger partial charge in [-0.15, -0.1) is 0 Å². The summed E-state index contributed by atoms with van der Waals surface area (Å²) < 4.78 is 25.3. The highest BCUT2D eigenvalue weighted by molar-refractivity contribution is 9.10. The fourth-order valence-electron chi connectivity index (χ4n) is 0.951. The average molecular weight is 252 g/mol. The van der Waals surface area contributed by atoms with E-state index in [2.05, 4.69) is 15.9 Å². The molecule has 1 rings (SSSR count). The molecule has 3 N–H and O–H groups in total. The van der Waals surface area contributed by atoms with Crippen LogP contribution in [0.2, 0.25) is 0 Å². The monoisotopic (exact) mass is 251 g/mol. The average Bonchev–Trinajstić information content (AvgIpc) is 2.07. The largest absolute Gasteiger partial charge is 0.506 e. The molecule has 0 aliphatic rings. The van der Waals surface area contributed by atoms with Gasteiger partial charge in [0.1, 0.15) is 5.75 Å². The molecule has 1 aromatic rings. The van der Waals surface area contributed by atoms with Crippen molar-refractivity contribution in [1.29, 1.82) is 0 Å². The highest BCUT2D eigenvalue weighted by atomic mass is 79.9. The summed E-state index contributed by atoms with van der Waals surface area (Å²) in [6, 6.07) is 0.339. The lowest BCUT2D eigenvalue weighted by Crippen LogP contribution is -2.06. The maximum Gasteiger partial charge on any atom is 0.176 e. The van der Waals surface area contributed by atoms with Crippen molar-refractivity contribution in [2.45, 2.75) is 13.0 Å². The molecule has 5 heteroatoms. The molecular weight excluding hydrogens is 244 g/mol. The molecule has 0 amide bonds. The third-order valence-electron chi connectivity index (χ3n) is 1.66.